The van der Waals surface area contributed by atoms with Gasteiger partial charge in [-0.2, -0.15) is 0 Å². The smallest absolute Gasteiger partial charge is 0.219 e. The molecular weight excluding hydrogens is 326 g/mol. The van der Waals surface area contributed by atoms with Gasteiger partial charge in [0.15, 0.2) is 0 Å². The molecule has 1 aromatic rings. The zero-order valence-corrected chi connectivity index (χ0v) is 16.2. The summed E-state index contributed by atoms with van der Waals surface area (Å²) >= 11 is 0. The zero-order chi connectivity index (χ0) is 18.4. The summed E-state index contributed by atoms with van der Waals surface area (Å²) in [6.07, 6.45) is 4.53. The SMILES string of the molecule is CCC(=O)NCc1cccc(C[C@H]2CC[C@@H](CN3CCN(C)CC3)O2)c1. The van der Waals surface area contributed by atoms with Crippen molar-refractivity contribution in [2.45, 2.75) is 51.4 Å². The number of nitrogens with one attached hydrogen (secondary N) is 1. The van der Waals surface area contributed by atoms with Crippen LogP contribution >= 0.6 is 0 Å². The third-order valence-corrected chi connectivity index (χ3v) is 5.52. The molecule has 144 valence electrons. The van der Waals surface area contributed by atoms with Gasteiger partial charge in [0.25, 0.3) is 0 Å². The van der Waals surface area contributed by atoms with Crippen LogP contribution in [-0.2, 0) is 22.5 Å². The Bertz CT molecular complexity index is 584. The van der Waals surface area contributed by atoms with E-state index in [1.807, 2.05) is 6.92 Å². The molecule has 0 bridgehead atoms. The summed E-state index contributed by atoms with van der Waals surface area (Å²) in [7, 11) is 2.20. The van der Waals surface area contributed by atoms with Crippen molar-refractivity contribution in [3.63, 3.8) is 0 Å². The fourth-order valence-corrected chi connectivity index (χ4v) is 3.84. The summed E-state index contributed by atoms with van der Waals surface area (Å²) in [5.74, 6) is 0.0984. The summed E-state index contributed by atoms with van der Waals surface area (Å²) in [6, 6.07) is 8.53. The van der Waals surface area contributed by atoms with Gasteiger partial charge in [-0.25, -0.2) is 0 Å². The van der Waals surface area contributed by atoms with Crippen molar-refractivity contribution >= 4 is 5.91 Å². The number of ether oxygens (including phenoxy) is 1. The summed E-state index contributed by atoms with van der Waals surface area (Å²) in [5, 5.41) is 2.95. The van der Waals surface area contributed by atoms with Crippen molar-refractivity contribution in [1.82, 2.24) is 15.1 Å². The van der Waals surface area contributed by atoms with Gasteiger partial charge in [-0.1, -0.05) is 31.2 Å². The van der Waals surface area contributed by atoms with Crippen LogP contribution in [0.15, 0.2) is 24.3 Å². The molecule has 2 fully saturated rings. The lowest BCUT2D eigenvalue weighted by atomic mass is 10.0. The lowest BCUT2D eigenvalue weighted by Crippen LogP contribution is -2.47. The third-order valence-electron chi connectivity index (χ3n) is 5.52. The lowest BCUT2D eigenvalue weighted by molar-refractivity contribution is -0.120. The van der Waals surface area contributed by atoms with E-state index in [1.54, 1.807) is 0 Å². The van der Waals surface area contributed by atoms with Crippen LogP contribution in [0, 0.1) is 0 Å². The number of rotatable bonds is 7. The Balaban J connectivity index is 1.44. The van der Waals surface area contributed by atoms with Crippen LogP contribution < -0.4 is 5.32 Å². The van der Waals surface area contributed by atoms with Crippen molar-refractivity contribution in [3.05, 3.63) is 35.4 Å². The normalized spacial score (nSPS) is 24.7. The molecule has 1 aromatic carbocycles. The number of nitrogens with zero attached hydrogens (tertiary/aromatic N) is 2. The molecule has 2 atom stereocenters. The van der Waals surface area contributed by atoms with Crippen LogP contribution in [0.4, 0.5) is 0 Å². The van der Waals surface area contributed by atoms with E-state index in [2.05, 4.69) is 46.4 Å². The van der Waals surface area contributed by atoms with Crippen LogP contribution in [0.25, 0.3) is 0 Å². The van der Waals surface area contributed by atoms with E-state index in [1.165, 1.54) is 12.0 Å². The molecule has 26 heavy (non-hydrogen) atoms. The maximum Gasteiger partial charge on any atom is 0.219 e. The summed E-state index contributed by atoms with van der Waals surface area (Å²) in [4.78, 5) is 16.4. The molecule has 0 saturated carbocycles. The molecule has 2 aliphatic heterocycles. The van der Waals surface area contributed by atoms with Gasteiger partial charge in [0.1, 0.15) is 0 Å². The Morgan fingerprint density at radius 3 is 2.65 bits per heavy atom. The number of carbonyl (C=O) groups excluding carboxylic acids is 1. The highest BCUT2D eigenvalue weighted by molar-refractivity contribution is 5.75. The van der Waals surface area contributed by atoms with E-state index in [9.17, 15) is 4.79 Å². The quantitative estimate of drug-likeness (QED) is 0.809. The average Bonchev–Trinajstić information content (AvgIpc) is 3.08. The summed E-state index contributed by atoms with van der Waals surface area (Å²) < 4.78 is 6.33. The lowest BCUT2D eigenvalue weighted by Gasteiger charge is -2.33. The van der Waals surface area contributed by atoms with Crippen molar-refractivity contribution in [1.29, 1.82) is 0 Å². The first-order valence-corrected chi connectivity index (χ1v) is 10.0. The monoisotopic (exact) mass is 359 g/mol. The highest BCUT2D eigenvalue weighted by Gasteiger charge is 2.27. The standard InChI is InChI=1S/C21H33N3O2/c1-3-21(25)22-15-18-6-4-5-17(13-18)14-19-7-8-20(26-19)16-24-11-9-23(2)10-12-24/h4-6,13,19-20H,3,7-12,14-16H2,1-2H3,(H,22,25)/t19-,20+/m1/s1. The first-order valence-electron chi connectivity index (χ1n) is 10.0. The van der Waals surface area contributed by atoms with E-state index in [0.717, 1.165) is 51.1 Å². The fourth-order valence-electron chi connectivity index (χ4n) is 3.84. The Morgan fingerprint density at radius 2 is 1.88 bits per heavy atom. The van der Waals surface area contributed by atoms with E-state index >= 15 is 0 Å². The molecule has 1 N–H and O–H groups in total. The van der Waals surface area contributed by atoms with E-state index in [0.29, 0.717) is 25.2 Å². The maximum absolute atomic E-state index is 11.4. The Labute approximate surface area is 157 Å². The van der Waals surface area contributed by atoms with Gasteiger partial charge in [0, 0.05) is 45.7 Å². The number of hydrogen-bond acceptors (Lipinski definition) is 4. The van der Waals surface area contributed by atoms with Crippen LogP contribution in [0.2, 0.25) is 0 Å². The highest BCUT2D eigenvalue weighted by atomic mass is 16.5. The van der Waals surface area contributed by atoms with Gasteiger partial charge in [0.2, 0.25) is 5.91 Å². The highest BCUT2D eigenvalue weighted by Crippen LogP contribution is 2.24. The number of amides is 1. The molecule has 2 aliphatic rings. The largest absolute Gasteiger partial charge is 0.373 e. The van der Waals surface area contributed by atoms with Crippen molar-refractivity contribution < 1.29 is 9.53 Å². The molecule has 0 aromatic heterocycles. The molecule has 0 unspecified atom stereocenters. The third kappa shape index (κ3) is 5.79. The number of likely N-dealkylation sites (N-methyl/N-ethyl adjacent to an activating group) is 1. The molecule has 5 heteroatoms. The second kappa shape index (κ2) is 9.49. The molecule has 1 amide bonds. The second-order valence-corrected chi connectivity index (χ2v) is 7.72. The van der Waals surface area contributed by atoms with E-state index < -0.39 is 0 Å². The van der Waals surface area contributed by atoms with Gasteiger partial charge in [0.05, 0.1) is 12.2 Å². The first-order chi connectivity index (χ1) is 12.6. The molecule has 3 rings (SSSR count). The summed E-state index contributed by atoms with van der Waals surface area (Å²) in [6.45, 7) is 8.21. The predicted molar refractivity (Wildman–Crippen MR) is 104 cm³/mol. The number of benzene rings is 1. The molecule has 0 spiro atoms. The molecule has 2 saturated heterocycles. The Morgan fingerprint density at radius 1 is 1.15 bits per heavy atom. The number of piperazine rings is 1. The zero-order valence-electron chi connectivity index (χ0n) is 16.2. The Kier molecular flexibility index (Phi) is 7.06. The fraction of sp³-hybridized carbons (Fsp3) is 0.667. The second-order valence-electron chi connectivity index (χ2n) is 7.72. The van der Waals surface area contributed by atoms with E-state index in [-0.39, 0.29) is 5.91 Å². The molecule has 2 heterocycles. The minimum Gasteiger partial charge on any atom is -0.373 e. The summed E-state index contributed by atoms with van der Waals surface area (Å²) in [5.41, 5.74) is 2.47. The van der Waals surface area contributed by atoms with Crippen LogP contribution in [-0.4, -0.2) is 67.7 Å². The van der Waals surface area contributed by atoms with Gasteiger partial charge in [-0.15, -0.1) is 0 Å². The van der Waals surface area contributed by atoms with Gasteiger partial charge >= 0.3 is 0 Å². The molecule has 0 aliphatic carbocycles. The maximum atomic E-state index is 11.4. The number of carbonyl (C=O) groups is 1. The van der Waals surface area contributed by atoms with Gasteiger partial charge in [-0.3, -0.25) is 9.69 Å². The molecule has 0 radical (unpaired) electrons. The molecular formula is C21H33N3O2. The molecule has 5 nitrogen and oxygen atoms in total. The van der Waals surface area contributed by atoms with Crippen LogP contribution in [0.3, 0.4) is 0 Å². The van der Waals surface area contributed by atoms with E-state index in [4.69, 9.17) is 4.74 Å². The van der Waals surface area contributed by atoms with Crippen molar-refractivity contribution in [2.75, 3.05) is 39.8 Å². The van der Waals surface area contributed by atoms with Crippen LogP contribution in [0.1, 0.15) is 37.3 Å². The minimum absolute atomic E-state index is 0.0984. The average molecular weight is 360 g/mol. The Hall–Kier alpha value is -1.43. The van der Waals surface area contributed by atoms with Gasteiger partial charge < -0.3 is 15.0 Å². The minimum atomic E-state index is 0.0984. The van der Waals surface area contributed by atoms with Crippen molar-refractivity contribution in [2.24, 2.45) is 0 Å². The van der Waals surface area contributed by atoms with Gasteiger partial charge in [-0.05, 0) is 37.4 Å². The first kappa shape index (κ1) is 19.3. The predicted octanol–water partition coefficient (Wildman–Crippen LogP) is 2.05. The van der Waals surface area contributed by atoms with Crippen LogP contribution in [0.5, 0.6) is 0 Å². The topological polar surface area (TPSA) is 44.8 Å². The van der Waals surface area contributed by atoms with Crippen molar-refractivity contribution in [3.8, 4) is 0 Å². The number of hydrogen-bond donors (Lipinski definition) is 1.